The molecule has 1 aromatic rings. The maximum Gasteiger partial charge on any atom is 0.119 e. The molecule has 0 saturated heterocycles. The molecule has 0 spiro atoms. The van der Waals surface area contributed by atoms with Crippen LogP contribution in [-0.2, 0) is 6.42 Å². The molecule has 120 valence electrons. The fourth-order valence-electron chi connectivity index (χ4n) is 6.03. The minimum absolute atomic E-state index is 0.0724. The molecular weight excluding hydrogens is 272 g/mol. The fourth-order valence-corrected chi connectivity index (χ4v) is 6.03. The number of aliphatic hydroxyl groups is 1. The number of methoxy groups -OCH3 is 1. The molecule has 2 fully saturated rings. The number of aryl methyl sites for hydroxylation is 2. The van der Waals surface area contributed by atoms with Crippen LogP contribution < -0.4 is 4.74 Å². The summed E-state index contributed by atoms with van der Waals surface area (Å²) in [5, 5.41) is 10.5. The van der Waals surface area contributed by atoms with Crippen molar-refractivity contribution < 1.29 is 9.84 Å². The van der Waals surface area contributed by atoms with Crippen LogP contribution in [0, 0.1) is 24.2 Å². The van der Waals surface area contributed by atoms with Crippen LogP contribution in [0.4, 0.5) is 0 Å². The van der Waals surface area contributed by atoms with Crippen molar-refractivity contribution >= 4 is 0 Å². The van der Waals surface area contributed by atoms with E-state index in [2.05, 4.69) is 26.0 Å². The van der Waals surface area contributed by atoms with E-state index < -0.39 is 0 Å². The minimum atomic E-state index is -0.0724. The number of ether oxygens (including phenoxy) is 1. The maximum atomic E-state index is 10.5. The van der Waals surface area contributed by atoms with Crippen LogP contribution in [0.1, 0.15) is 61.6 Å². The average Bonchev–Trinajstić information content (AvgIpc) is 2.82. The Bertz CT molecular complexity index is 594. The van der Waals surface area contributed by atoms with E-state index in [0.29, 0.717) is 5.92 Å². The van der Waals surface area contributed by atoms with Crippen LogP contribution >= 0.6 is 0 Å². The lowest BCUT2D eigenvalue weighted by atomic mass is 9.55. The zero-order chi connectivity index (χ0) is 15.5. The van der Waals surface area contributed by atoms with Gasteiger partial charge in [0.1, 0.15) is 5.75 Å². The zero-order valence-electron chi connectivity index (χ0n) is 14.1. The van der Waals surface area contributed by atoms with Gasteiger partial charge in [-0.2, -0.15) is 0 Å². The third-order valence-electron chi connectivity index (χ3n) is 7.19. The highest BCUT2D eigenvalue weighted by atomic mass is 16.5. The Hall–Kier alpha value is -1.02. The van der Waals surface area contributed by atoms with Crippen molar-refractivity contribution in [3.8, 4) is 5.75 Å². The molecule has 0 radical (unpaired) electrons. The van der Waals surface area contributed by atoms with Gasteiger partial charge in [0.2, 0.25) is 0 Å². The van der Waals surface area contributed by atoms with E-state index in [9.17, 15) is 5.11 Å². The monoisotopic (exact) mass is 300 g/mol. The lowest BCUT2D eigenvalue weighted by molar-refractivity contribution is -0.0227. The molecule has 0 amide bonds. The largest absolute Gasteiger partial charge is 0.497 e. The summed E-state index contributed by atoms with van der Waals surface area (Å²) in [6.45, 7) is 4.60. The lowest BCUT2D eigenvalue weighted by Crippen LogP contribution is -2.44. The van der Waals surface area contributed by atoms with Crippen molar-refractivity contribution in [3.05, 3.63) is 28.8 Å². The van der Waals surface area contributed by atoms with Gasteiger partial charge in [-0.05, 0) is 97.4 Å². The van der Waals surface area contributed by atoms with Gasteiger partial charge in [-0.1, -0.05) is 6.92 Å². The summed E-state index contributed by atoms with van der Waals surface area (Å²) in [7, 11) is 1.76. The second-order valence-corrected chi connectivity index (χ2v) is 8.07. The highest BCUT2D eigenvalue weighted by Gasteiger charge is 2.54. The third kappa shape index (κ3) is 1.89. The SMILES string of the molecule is COc1cc(C)c2c(c1)CC[C@@H]1[C@@H]2CC[C@]2(C)[C@H](O)CC[C@@H]12. The molecule has 22 heavy (non-hydrogen) atoms. The third-order valence-corrected chi connectivity index (χ3v) is 7.19. The molecule has 0 unspecified atom stereocenters. The summed E-state index contributed by atoms with van der Waals surface area (Å²) in [4.78, 5) is 0. The molecule has 2 nitrogen and oxygen atoms in total. The highest BCUT2D eigenvalue weighted by molar-refractivity contribution is 5.46. The molecule has 4 rings (SSSR count). The Kier molecular flexibility index (Phi) is 3.30. The first-order chi connectivity index (χ1) is 10.5. The number of fused-ring (bicyclic) bond motifs is 5. The molecule has 2 saturated carbocycles. The van der Waals surface area contributed by atoms with Gasteiger partial charge in [-0.15, -0.1) is 0 Å². The van der Waals surface area contributed by atoms with Gasteiger partial charge in [0.15, 0.2) is 0 Å². The molecule has 1 N–H and O–H groups in total. The topological polar surface area (TPSA) is 29.5 Å². The van der Waals surface area contributed by atoms with Crippen molar-refractivity contribution in [2.75, 3.05) is 7.11 Å². The molecule has 5 atom stereocenters. The summed E-state index contributed by atoms with van der Waals surface area (Å²) < 4.78 is 5.46. The summed E-state index contributed by atoms with van der Waals surface area (Å²) in [6, 6.07) is 4.47. The van der Waals surface area contributed by atoms with Gasteiger partial charge in [0.25, 0.3) is 0 Å². The maximum absolute atomic E-state index is 10.5. The Morgan fingerprint density at radius 3 is 2.77 bits per heavy atom. The van der Waals surface area contributed by atoms with Crippen LogP contribution in [0.3, 0.4) is 0 Å². The zero-order valence-corrected chi connectivity index (χ0v) is 14.1. The summed E-state index contributed by atoms with van der Waals surface area (Å²) in [5.74, 6) is 3.20. The van der Waals surface area contributed by atoms with Crippen LogP contribution in [0.25, 0.3) is 0 Å². The number of rotatable bonds is 1. The first-order valence-corrected chi connectivity index (χ1v) is 8.90. The predicted molar refractivity (Wildman–Crippen MR) is 88.4 cm³/mol. The second kappa shape index (κ2) is 4.99. The van der Waals surface area contributed by atoms with E-state index in [1.807, 2.05) is 0 Å². The van der Waals surface area contributed by atoms with Crippen molar-refractivity contribution in [2.45, 2.75) is 64.4 Å². The van der Waals surface area contributed by atoms with E-state index in [1.54, 1.807) is 12.7 Å². The molecule has 2 heteroatoms. The Labute approximate surface area is 133 Å². The van der Waals surface area contributed by atoms with Crippen LogP contribution in [-0.4, -0.2) is 18.3 Å². The normalized spacial score (nSPS) is 39.8. The highest BCUT2D eigenvalue weighted by Crippen LogP contribution is 2.61. The smallest absolute Gasteiger partial charge is 0.119 e. The first-order valence-electron chi connectivity index (χ1n) is 8.90. The van der Waals surface area contributed by atoms with Crippen molar-refractivity contribution in [2.24, 2.45) is 17.3 Å². The molecule has 3 aliphatic carbocycles. The summed E-state index contributed by atoms with van der Waals surface area (Å²) >= 11 is 0. The summed E-state index contributed by atoms with van der Waals surface area (Å²) in [5.41, 5.74) is 4.71. The fraction of sp³-hybridized carbons (Fsp3) is 0.700. The Morgan fingerprint density at radius 1 is 1.18 bits per heavy atom. The number of benzene rings is 1. The standard InChI is InChI=1S/C20H28O2/c1-12-10-14(22-3)11-13-4-5-15-16(19(12)13)8-9-20(2)17(15)6-7-18(20)21/h10-11,15-18,21H,4-9H2,1-3H3/t15-,16+,17+,18-,20+/m1/s1. The van der Waals surface area contributed by atoms with E-state index >= 15 is 0 Å². The van der Waals surface area contributed by atoms with E-state index in [0.717, 1.165) is 24.0 Å². The average molecular weight is 300 g/mol. The van der Waals surface area contributed by atoms with Crippen molar-refractivity contribution in [3.63, 3.8) is 0 Å². The lowest BCUT2D eigenvalue weighted by Gasteiger charge is -2.50. The molecular formula is C20H28O2. The Balaban J connectivity index is 1.73. The Morgan fingerprint density at radius 2 is 2.00 bits per heavy atom. The van der Waals surface area contributed by atoms with Gasteiger partial charge in [0, 0.05) is 0 Å². The number of aliphatic hydroxyl groups excluding tert-OH is 1. The molecule has 1 aromatic carbocycles. The minimum Gasteiger partial charge on any atom is -0.497 e. The summed E-state index contributed by atoms with van der Waals surface area (Å²) in [6.07, 6.45) is 7.06. The second-order valence-electron chi connectivity index (χ2n) is 8.07. The molecule has 3 aliphatic rings. The van der Waals surface area contributed by atoms with Crippen LogP contribution in [0.2, 0.25) is 0 Å². The van der Waals surface area contributed by atoms with Gasteiger partial charge in [-0.3, -0.25) is 0 Å². The van der Waals surface area contributed by atoms with E-state index in [4.69, 9.17) is 4.74 Å². The molecule has 0 bridgehead atoms. The van der Waals surface area contributed by atoms with Crippen molar-refractivity contribution in [1.82, 2.24) is 0 Å². The van der Waals surface area contributed by atoms with E-state index in [-0.39, 0.29) is 11.5 Å². The molecule has 0 heterocycles. The molecule has 0 aliphatic heterocycles. The van der Waals surface area contributed by atoms with Gasteiger partial charge in [-0.25, -0.2) is 0 Å². The van der Waals surface area contributed by atoms with Gasteiger partial charge >= 0.3 is 0 Å². The number of hydrogen-bond donors (Lipinski definition) is 1. The number of hydrogen-bond acceptors (Lipinski definition) is 2. The van der Waals surface area contributed by atoms with E-state index in [1.165, 1.54) is 43.2 Å². The van der Waals surface area contributed by atoms with Gasteiger partial charge in [0.05, 0.1) is 13.2 Å². The quantitative estimate of drug-likeness (QED) is 0.841. The van der Waals surface area contributed by atoms with Crippen LogP contribution in [0.15, 0.2) is 12.1 Å². The first kappa shape index (κ1) is 14.6. The van der Waals surface area contributed by atoms with Gasteiger partial charge < -0.3 is 9.84 Å². The predicted octanol–water partition coefficient (Wildman–Crippen LogP) is 4.22. The van der Waals surface area contributed by atoms with Crippen molar-refractivity contribution in [1.29, 1.82) is 0 Å². The van der Waals surface area contributed by atoms with Crippen LogP contribution in [0.5, 0.6) is 5.75 Å². The molecule has 0 aromatic heterocycles.